The van der Waals surface area contributed by atoms with E-state index in [1.54, 1.807) is 60.7 Å². The third-order valence-corrected chi connectivity index (χ3v) is 7.02. The van der Waals surface area contributed by atoms with Crippen LogP contribution in [0.5, 0.6) is 0 Å². The molecular weight excluding hydrogens is 536 g/mol. The van der Waals surface area contributed by atoms with E-state index in [4.69, 9.17) is 15.2 Å². The summed E-state index contributed by atoms with van der Waals surface area (Å²) in [4.78, 5) is 27.2. The van der Waals surface area contributed by atoms with Crippen LogP contribution in [-0.4, -0.2) is 39.1 Å². The van der Waals surface area contributed by atoms with Crippen LogP contribution in [0.4, 0.5) is 17.1 Å². The van der Waals surface area contributed by atoms with Gasteiger partial charge >= 0.3 is 11.9 Å². The number of hydrogen-bond donors (Lipinski definition) is 3. The summed E-state index contributed by atoms with van der Waals surface area (Å²) in [6.45, 7) is 0. The van der Waals surface area contributed by atoms with Crippen LogP contribution in [0.1, 0.15) is 11.5 Å². The van der Waals surface area contributed by atoms with Gasteiger partial charge in [0, 0.05) is 5.69 Å². The molecule has 11 nitrogen and oxygen atoms in total. The summed E-state index contributed by atoms with van der Waals surface area (Å²) in [5.41, 5.74) is 7.00. The summed E-state index contributed by atoms with van der Waals surface area (Å²) in [5.74, 6) is -3.33. The Bertz CT molecular complexity index is 1680. The maximum atomic E-state index is 13.4. The SMILES string of the molecule is COC(=O)C1=C(C(=O)OC)N(c2cc(S(=O)(=O)O)ccc2Nc2ccccc2)C(N)=C(C#N)C1c1ccccc1. The van der Waals surface area contributed by atoms with Gasteiger partial charge < -0.3 is 20.5 Å². The summed E-state index contributed by atoms with van der Waals surface area (Å²) in [7, 11) is -2.51. The van der Waals surface area contributed by atoms with Crippen molar-refractivity contribution in [3.8, 4) is 6.07 Å². The average molecular weight is 561 g/mol. The molecule has 4 N–H and O–H groups in total. The zero-order valence-electron chi connectivity index (χ0n) is 21.4. The van der Waals surface area contributed by atoms with Crippen molar-refractivity contribution < 1.29 is 32.0 Å². The molecule has 3 aromatic rings. The van der Waals surface area contributed by atoms with Crippen molar-refractivity contribution in [2.45, 2.75) is 10.8 Å². The highest BCUT2D eigenvalue weighted by molar-refractivity contribution is 7.85. The summed E-state index contributed by atoms with van der Waals surface area (Å²) in [6.07, 6.45) is 0. The third kappa shape index (κ3) is 5.24. The summed E-state index contributed by atoms with van der Waals surface area (Å²) in [6, 6.07) is 22.8. The number of methoxy groups -OCH3 is 2. The zero-order chi connectivity index (χ0) is 29.0. The third-order valence-electron chi connectivity index (χ3n) is 6.17. The lowest BCUT2D eigenvalue weighted by molar-refractivity contribution is -0.139. The van der Waals surface area contributed by atoms with Crippen molar-refractivity contribution in [3.63, 3.8) is 0 Å². The predicted octanol–water partition coefficient (Wildman–Crippen LogP) is 3.57. The molecule has 0 spiro atoms. The van der Waals surface area contributed by atoms with Gasteiger partial charge in [-0.3, -0.25) is 9.45 Å². The van der Waals surface area contributed by atoms with Gasteiger partial charge in [0.05, 0.1) is 53.6 Å². The van der Waals surface area contributed by atoms with E-state index in [9.17, 15) is 27.8 Å². The maximum Gasteiger partial charge on any atom is 0.355 e. The van der Waals surface area contributed by atoms with Crippen LogP contribution in [0.15, 0.2) is 106 Å². The Balaban J connectivity index is 2.11. The van der Waals surface area contributed by atoms with Crippen molar-refractivity contribution in [1.29, 1.82) is 5.26 Å². The Kier molecular flexibility index (Phi) is 7.90. The van der Waals surface area contributed by atoms with Crippen molar-refractivity contribution in [1.82, 2.24) is 0 Å². The van der Waals surface area contributed by atoms with Crippen LogP contribution in [0, 0.1) is 11.3 Å². The fourth-order valence-electron chi connectivity index (χ4n) is 4.40. The van der Waals surface area contributed by atoms with E-state index in [-0.39, 0.29) is 28.3 Å². The Morgan fingerprint density at radius 2 is 1.57 bits per heavy atom. The van der Waals surface area contributed by atoms with Crippen LogP contribution < -0.4 is 16.0 Å². The first-order valence-electron chi connectivity index (χ1n) is 11.7. The first kappa shape index (κ1) is 27.9. The minimum absolute atomic E-state index is 0.0717. The minimum Gasteiger partial charge on any atom is -0.466 e. The van der Waals surface area contributed by atoms with E-state index in [0.29, 0.717) is 11.3 Å². The van der Waals surface area contributed by atoms with Crippen molar-refractivity contribution in [2.75, 3.05) is 24.4 Å². The molecule has 0 aliphatic carbocycles. The fraction of sp³-hybridized carbons (Fsp3) is 0.107. The molecular formula is C28H24N4O7S. The normalized spacial score (nSPS) is 15.3. The van der Waals surface area contributed by atoms with E-state index in [1.165, 1.54) is 6.07 Å². The van der Waals surface area contributed by atoms with Gasteiger partial charge in [-0.15, -0.1) is 0 Å². The Hall–Kier alpha value is -5.12. The molecule has 0 bridgehead atoms. The molecule has 12 heteroatoms. The van der Waals surface area contributed by atoms with Crippen LogP contribution in [0.3, 0.4) is 0 Å². The largest absolute Gasteiger partial charge is 0.466 e. The molecule has 0 saturated heterocycles. The summed E-state index contributed by atoms with van der Waals surface area (Å²) < 4.78 is 44.1. The van der Waals surface area contributed by atoms with Crippen LogP contribution in [-0.2, 0) is 29.2 Å². The Labute approximate surface area is 230 Å². The zero-order valence-corrected chi connectivity index (χ0v) is 22.2. The van der Waals surface area contributed by atoms with E-state index < -0.39 is 38.6 Å². The molecule has 1 unspecified atom stereocenters. The van der Waals surface area contributed by atoms with Crippen molar-refractivity contribution in [3.05, 3.63) is 107 Å². The number of rotatable bonds is 7. The van der Waals surface area contributed by atoms with E-state index in [1.807, 2.05) is 6.07 Å². The van der Waals surface area contributed by atoms with Gasteiger partial charge in [-0.05, 0) is 35.9 Å². The first-order valence-corrected chi connectivity index (χ1v) is 13.2. The number of para-hydroxylation sites is 1. The van der Waals surface area contributed by atoms with Gasteiger partial charge in [0.2, 0.25) is 0 Å². The number of nitriles is 1. The second-order valence-electron chi connectivity index (χ2n) is 8.48. The van der Waals surface area contributed by atoms with E-state index in [0.717, 1.165) is 31.3 Å². The van der Waals surface area contributed by atoms with Gasteiger partial charge in [0.1, 0.15) is 11.5 Å². The standard InChI is InChI=1S/C28H24N4O7S/c1-38-27(33)24-23(17-9-5-3-6-10-17)20(16-29)26(30)32(25(24)28(34)39-2)22-15-19(40(35,36)37)13-14-21(22)31-18-11-7-4-8-12-18/h3-15,23,31H,30H2,1-2H3,(H,35,36,37). The maximum absolute atomic E-state index is 13.4. The number of ether oxygens (including phenoxy) is 2. The predicted molar refractivity (Wildman–Crippen MR) is 146 cm³/mol. The van der Waals surface area contributed by atoms with Crippen LogP contribution in [0.2, 0.25) is 0 Å². The quantitative estimate of drug-likeness (QED) is 0.285. The topological polar surface area (TPSA) is 172 Å². The van der Waals surface area contributed by atoms with Crippen molar-refractivity contribution in [2.24, 2.45) is 5.73 Å². The molecule has 4 rings (SSSR count). The van der Waals surface area contributed by atoms with E-state index >= 15 is 0 Å². The van der Waals surface area contributed by atoms with Crippen LogP contribution in [0.25, 0.3) is 0 Å². The minimum atomic E-state index is -4.72. The molecule has 204 valence electrons. The number of benzene rings is 3. The number of esters is 2. The number of nitrogens with one attached hydrogen (secondary N) is 1. The lowest BCUT2D eigenvalue weighted by Gasteiger charge is -2.36. The summed E-state index contributed by atoms with van der Waals surface area (Å²) >= 11 is 0. The molecule has 3 aromatic carbocycles. The number of allylic oxidation sites excluding steroid dienone is 1. The molecule has 0 saturated carbocycles. The van der Waals surface area contributed by atoms with Gasteiger partial charge in [-0.25, -0.2) is 9.59 Å². The molecule has 1 heterocycles. The lowest BCUT2D eigenvalue weighted by atomic mass is 9.81. The lowest BCUT2D eigenvalue weighted by Crippen LogP contribution is -2.41. The second-order valence-corrected chi connectivity index (χ2v) is 9.90. The second kappa shape index (κ2) is 11.3. The Morgan fingerprint density at radius 3 is 2.12 bits per heavy atom. The number of carbonyl (C=O) groups excluding carboxylic acids is 2. The fourth-order valence-corrected chi connectivity index (χ4v) is 4.90. The number of carbonyl (C=O) groups is 2. The number of anilines is 3. The highest BCUT2D eigenvalue weighted by Gasteiger charge is 2.43. The monoisotopic (exact) mass is 560 g/mol. The van der Waals surface area contributed by atoms with Crippen molar-refractivity contribution >= 4 is 39.1 Å². The first-order chi connectivity index (χ1) is 19.1. The molecule has 0 amide bonds. The molecule has 40 heavy (non-hydrogen) atoms. The van der Waals surface area contributed by atoms with Gasteiger partial charge in [-0.1, -0.05) is 48.5 Å². The van der Waals surface area contributed by atoms with Gasteiger partial charge in [0.15, 0.2) is 0 Å². The highest BCUT2D eigenvalue weighted by Crippen LogP contribution is 2.45. The molecule has 0 fully saturated rings. The molecule has 1 aliphatic rings. The molecule has 0 radical (unpaired) electrons. The highest BCUT2D eigenvalue weighted by atomic mass is 32.2. The number of nitrogens with two attached hydrogens (primary N) is 1. The Morgan fingerprint density at radius 1 is 0.975 bits per heavy atom. The van der Waals surface area contributed by atoms with Gasteiger partial charge in [0.25, 0.3) is 10.1 Å². The van der Waals surface area contributed by atoms with E-state index in [2.05, 4.69) is 5.32 Å². The van der Waals surface area contributed by atoms with Gasteiger partial charge in [-0.2, -0.15) is 13.7 Å². The molecule has 0 aromatic heterocycles. The number of nitrogens with zero attached hydrogens (tertiary/aromatic N) is 2. The summed E-state index contributed by atoms with van der Waals surface area (Å²) in [5, 5.41) is 13.4. The molecule has 1 atom stereocenters. The smallest absolute Gasteiger partial charge is 0.355 e. The molecule has 1 aliphatic heterocycles. The average Bonchev–Trinajstić information content (AvgIpc) is 2.96. The van der Waals surface area contributed by atoms with Crippen LogP contribution >= 0.6 is 0 Å². The number of hydrogen-bond acceptors (Lipinski definition) is 10.